The highest BCUT2D eigenvalue weighted by Crippen LogP contribution is 2.18. The van der Waals surface area contributed by atoms with E-state index >= 15 is 0 Å². The van der Waals surface area contributed by atoms with Crippen molar-refractivity contribution < 1.29 is 0 Å². The summed E-state index contributed by atoms with van der Waals surface area (Å²) in [5.74, 6) is 0. The Kier molecular flexibility index (Phi) is 5.16. The Morgan fingerprint density at radius 2 is 1.65 bits per heavy atom. The predicted molar refractivity (Wildman–Crippen MR) is 75.5 cm³/mol. The number of aryl methyl sites for hydroxylation is 3. The van der Waals surface area contributed by atoms with E-state index in [4.69, 9.17) is 5.73 Å². The average molecular weight is 234 g/mol. The zero-order valence-corrected chi connectivity index (χ0v) is 11.9. The Labute approximate surface area is 106 Å². The van der Waals surface area contributed by atoms with E-state index in [1.807, 2.05) is 0 Å². The van der Waals surface area contributed by atoms with Crippen LogP contribution in [0.5, 0.6) is 0 Å². The number of hydrogen-bond donors (Lipinski definition) is 1. The van der Waals surface area contributed by atoms with Gasteiger partial charge in [-0.1, -0.05) is 17.7 Å². The molecule has 0 spiro atoms. The molecule has 0 radical (unpaired) electrons. The first-order chi connectivity index (χ1) is 7.90. The van der Waals surface area contributed by atoms with Gasteiger partial charge in [-0.3, -0.25) is 0 Å². The van der Waals surface area contributed by atoms with Crippen LogP contribution in [0.1, 0.15) is 28.7 Å². The van der Waals surface area contributed by atoms with Crippen LogP contribution in [0.15, 0.2) is 12.1 Å². The van der Waals surface area contributed by atoms with Crippen LogP contribution >= 0.6 is 0 Å². The topological polar surface area (TPSA) is 29.3 Å². The molecule has 0 bridgehead atoms. The van der Waals surface area contributed by atoms with Gasteiger partial charge in [-0.05, 0) is 70.9 Å². The van der Waals surface area contributed by atoms with Gasteiger partial charge < -0.3 is 10.6 Å². The maximum atomic E-state index is 6.20. The van der Waals surface area contributed by atoms with Crippen LogP contribution in [0.25, 0.3) is 0 Å². The summed E-state index contributed by atoms with van der Waals surface area (Å²) in [4.78, 5) is 2.19. The van der Waals surface area contributed by atoms with Gasteiger partial charge in [0, 0.05) is 6.04 Å². The number of hydrogen-bond acceptors (Lipinski definition) is 2. The first-order valence-electron chi connectivity index (χ1n) is 6.37. The average Bonchev–Trinajstić information content (AvgIpc) is 2.20. The number of benzene rings is 1. The lowest BCUT2D eigenvalue weighted by atomic mass is 9.93. The van der Waals surface area contributed by atoms with Crippen LogP contribution in [0.3, 0.4) is 0 Å². The van der Waals surface area contributed by atoms with E-state index in [2.05, 4.69) is 51.9 Å². The molecule has 1 aromatic rings. The minimum atomic E-state index is 0.262. The van der Waals surface area contributed by atoms with Crippen molar-refractivity contribution in [3.8, 4) is 0 Å². The van der Waals surface area contributed by atoms with Crippen LogP contribution in [0.4, 0.5) is 0 Å². The largest absolute Gasteiger partial charge is 0.327 e. The zero-order valence-electron chi connectivity index (χ0n) is 11.9. The normalized spacial score (nSPS) is 13.1. The Balaban J connectivity index is 2.68. The van der Waals surface area contributed by atoms with Crippen molar-refractivity contribution in [2.75, 3.05) is 20.6 Å². The molecule has 0 aliphatic rings. The van der Waals surface area contributed by atoms with Gasteiger partial charge in [-0.15, -0.1) is 0 Å². The van der Waals surface area contributed by atoms with E-state index in [1.54, 1.807) is 0 Å². The van der Waals surface area contributed by atoms with Gasteiger partial charge in [0.15, 0.2) is 0 Å². The lowest BCUT2D eigenvalue weighted by Gasteiger charge is -2.18. The minimum absolute atomic E-state index is 0.262. The highest BCUT2D eigenvalue weighted by Gasteiger charge is 2.09. The second-order valence-electron chi connectivity index (χ2n) is 5.43. The van der Waals surface area contributed by atoms with Crippen molar-refractivity contribution in [2.45, 2.75) is 39.7 Å². The number of nitrogens with two attached hydrogens (primary N) is 1. The van der Waals surface area contributed by atoms with Gasteiger partial charge >= 0.3 is 0 Å². The lowest BCUT2D eigenvalue weighted by molar-refractivity contribution is 0.379. The summed E-state index contributed by atoms with van der Waals surface area (Å²) in [6.07, 6.45) is 2.05. The van der Waals surface area contributed by atoms with E-state index < -0.39 is 0 Å². The Morgan fingerprint density at radius 3 is 2.12 bits per heavy atom. The van der Waals surface area contributed by atoms with E-state index in [-0.39, 0.29) is 6.04 Å². The monoisotopic (exact) mass is 234 g/mol. The van der Waals surface area contributed by atoms with Gasteiger partial charge in [0.05, 0.1) is 0 Å². The van der Waals surface area contributed by atoms with Crippen molar-refractivity contribution in [3.63, 3.8) is 0 Å². The summed E-state index contributed by atoms with van der Waals surface area (Å²) >= 11 is 0. The van der Waals surface area contributed by atoms with E-state index in [1.165, 1.54) is 22.3 Å². The standard InChI is InChI=1S/C15H26N2/c1-11-8-12(2)15(13(3)9-11)10-14(16)6-7-17(4)5/h8-9,14H,6-7,10,16H2,1-5H3. The zero-order chi connectivity index (χ0) is 13.0. The molecular formula is C15H26N2. The van der Waals surface area contributed by atoms with Crippen LogP contribution in [0, 0.1) is 20.8 Å². The molecule has 0 saturated carbocycles. The summed E-state index contributed by atoms with van der Waals surface area (Å²) in [6.45, 7) is 7.59. The van der Waals surface area contributed by atoms with E-state index in [0.717, 1.165) is 19.4 Å². The molecule has 0 aliphatic carbocycles. The third-order valence-electron chi connectivity index (χ3n) is 3.25. The second kappa shape index (κ2) is 6.18. The third-order valence-corrected chi connectivity index (χ3v) is 3.25. The van der Waals surface area contributed by atoms with Gasteiger partial charge in [0.2, 0.25) is 0 Å². The van der Waals surface area contributed by atoms with Crippen molar-refractivity contribution in [1.82, 2.24) is 4.90 Å². The fourth-order valence-corrected chi connectivity index (χ4v) is 2.32. The molecule has 2 nitrogen and oxygen atoms in total. The maximum Gasteiger partial charge on any atom is 0.00916 e. The summed E-state index contributed by atoms with van der Waals surface area (Å²) < 4.78 is 0. The first-order valence-corrected chi connectivity index (χ1v) is 6.37. The molecule has 1 rings (SSSR count). The van der Waals surface area contributed by atoms with Crippen molar-refractivity contribution in [3.05, 3.63) is 34.4 Å². The van der Waals surface area contributed by atoms with Crippen LogP contribution in [-0.2, 0) is 6.42 Å². The first kappa shape index (κ1) is 14.2. The third kappa shape index (κ3) is 4.49. The molecule has 0 saturated heterocycles. The predicted octanol–water partition coefficient (Wildman–Crippen LogP) is 2.43. The fraction of sp³-hybridized carbons (Fsp3) is 0.600. The molecule has 2 heteroatoms. The SMILES string of the molecule is Cc1cc(C)c(CC(N)CCN(C)C)c(C)c1. The fourth-order valence-electron chi connectivity index (χ4n) is 2.32. The van der Waals surface area contributed by atoms with Gasteiger partial charge in [0.1, 0.15) is 0 Å². The van der Waals surface area contributed by atoms with Gasteiger partial charge in [-0.2, -0.15) is 0 Å². The highest BCUT2D eigenvalue weighted by molar-refractivity contribution is 5.37. The molecule has 0 fully saturated rings. The molecule has 96 valence electrons. The van der Waals surface area contributed by atoms with Crippen LogP contribution in [-0.4, -0.2) is 31.6 Å². The van der Waals surface area contributed by atoms with Crippen molar-refractivity contribution in [1.29, 1.82) is 0 Å². The lowest BCUT2D eigenvalue weighted by Crippen LogP contribution is -2.28. The summed E-state index contributed by atoms with van der Waals surface area (Å²) in [5, 5.41) is 0. The smallest absolute Gasteiger partial charge is 0.00916 e. The Bertz CT molecular complexity index is 346. The van der Waals surface area contributed by atoms with Crippen molar-refractivity contribution in [2.24, 2.45) is 5.73 Å². The summed E-state index contributed by atoms with van der Waals surface area (Å²) in [7, 11) is 4.18. The van der Waals surface area contributed by atoms with E-state index in [0.29, 0.717) is 0 Å². The minimum Gasteiger partial charge on any atom is -0.327 e. The van der Waals surface area contributed by atoms with E-state index in [9.17, 15) is 0 Å². The molecule has 0 heterocycles. The van der Waals surface area contributed by atoms with Gasteiger partial charge in [0.25, 0.3) is 0 Å². The Morgan fingerprint density at radius 1 is 1.12 bits per heavy atom. The number of rotatable bonds is 5. The van der Waals surface area contributed by atoms with Crippen LogP contribution < -0.4 is 5.73 Å². The quantitative estimate of drug-likeness (QED) is 0.848. The second-order valence-corrected chi connectivity index (χ2v) is 5.43. The van der Waals surface area contributed by atoms with Gasteiger partial charge in [-0.25, -0.2) is 0 Å². The number of nitrogens with zero attached hydrogens (tertiary/aromatic N) is 1. The molecule has 2 N–H and O–H groups in total. The molecule has 17 heavy (non-hydrogen) atoms. The highest BCUT2D eigenvalue weighted by atomic mass is 15.0. The molecule has 1 atom stereocenters. The summed E-state index contributed by atoms with van der Waals surface area (Å²) in [6, 6.07) is 4.76. The van der Waals surface area contributed by atoms with Crippen molar-refractivity contribution >= 4 is 0 Å². The molecular weight excluding hydrogens is 208 g/mol. The molecule has 1 unspecified atom stereocenters. The molecule has 0 amide bonds. The molecule has 1 aromatic carbocycles. The van der Waals surface area contributed by atoms with Crippen LogP contribution in [0.2, 0.25) is 0 Å². The Hall–Kier alpha value is -0.860. The molecule has 0 aromatic heterocycles. The maximum absolute atomic E-state index is 6.20. The summed E-state index contributed by atoms with van der Waals surface area (Å²) in [5.41, 5.74) is 11.7. The molecule has 0 aliphatic heterocycles.